The summed E-state index contributed by atoms with van der Waals surface area (Å²) < 4.78 is 41.7. The molecule has 0 aromatic carbocycles. The van der Waals surface area contributed by atoms with Gasteiger partial charge in [-0.05, 0) is 13.8 Å². The van der Waals surface area contributed by atoms with E-state index in [0.29, 0.717) is 6.08 Å². The summed E-state index contributed by atoms with van der Waals surface area (Å²) in [4.78, 5) is 11.3. The lowest BCUT2D eigenvalue weighted by Crippen LogP contribution is -2.38. The molecule has 92 valence electrons. The summed E-state index contributed by atoms with van der Waals surface area (Å²) in [5.41, 5.74) is -2.53. The Labute approximate surface area is 91.2 Å². The molecule has 0 bridgehead atoms. The maximum atomic E-state index is 12.4. The summed E-state index contributed by atoms with van der Waals surface area (Å²) in [5, 5.41) is 9.09. The first-order chi connectivity index (χ1) is 7.13. The number of carbonyl (C=O) groups excluding carboxylic acids is 1. The molecule has 0 fully saturated rings. The number of allylic oxidation sites excluding steroid dienone is 2. The van der Waals surface area contributed by atoms with Gasteiger partial charge in [-0.25, -0.2) is 0 Å². The SMILES string of the molecule is COC=C/C(O)=C/C(=O)C(C)(C)C(F)(F)F. The summed E-state index contributed by atoms with van der Waals surface area (Å²) in [6, 6.07) is 0. The molecule has 0 heterocycles. The lowest BCUT2D eigenvalue weighted by Gasteiger charge is -2.24. The van der Waals surface area contributed by atoms with Gasteiger partial charge in [0.1, 0.15) is 11.2 Å². The van der Waals surface area contributed by atoms with Crippen molar-refractivity contribution < 1.29 is 27.8 Å². The fourth-order valence-corrected chi connectivity index (χ4v) is 0.640. The Morgan fingerprint density at radius 1 is 1.31 bits per heavy atom. The van der Waals surface area contributed by atoms with Crippen molar-refractivity contribution in [3.63, 3.8) is 0 Å². The van der Waals surface area contributed by atoms with Crippen LogP contribution in [0.3, 0.4) is 0 Å². The average Bonchev–Trinajstić information content (AvgIpc) is 2.12. The summed E-state index contributed by atoms with van der Waals surface area (Å²) in [5.74, 6) is -1.82. The zero-order chi connectivity index (χ0) is 13.0. The van der Waals surface area contributed by atoms with Gasteiger partial charge in [0.2, 0.25) is 0 Å². The molecule has 0 atom stereocenters. The third kappa shape index (κ3) is 3.60. The molecule has 1 N–H and O–H groups in total. The maximum Gasteiger partial charge on any atom is 0.401 e. The molecule has 3 nitrogen and oxygen atoms in total. The van der Waals surface area contributed by atoms with Crippen molar-refractivity contribution >= 4 is 5.78 Å². The third-order valence-corrected chi connectivity index (χ3v) is 1.98. The van der Waals surface area contributed by atoms with Gasteiger partial charge in [0.25, 0.3) is 0 Å². The van der Waals surface area contributed by atoms with E-state index in [-0.39, 0.29) is 0 Å². The number of ketones is 1. The molecule has 0 aliphatic heterocycles. The van der Waals surface area contributed by atoms with Gasteiger partial charge in [-0.1, -0.05) is 0 Å². The predicted octanol–water partition coefficient (Wildman–Crippen LogP) is 2.75. The van der Waals surface area contributed by atoms with Crippen molar-refractivity contribution in [2.24, 2.45) is 5.41 Å². The highest BCUT2D eigenvalue weighted by molar-refractivity contribution is 5.95. The minimum absolute atomic E-state index is 0.517. The molecule has 0 radical (unpaired) electrons. The normalized spacial score (nSPS) is 14.2. The monoisotopic (exact) mass is 238 g/mol. The zero-order valence-corrected chi connectivity index (χ0v) is 9.13. The van der Waals surface area contributed by atoms with Crippen LogP contribution in [0.25, 0.3) is 0 Å². The van der Waals surface area contributed by atoms with E-state index in [4.69, 9.17) is 5.11 Å². The van der Waals surface area contributed by atoms with E-state index in [1.807, 2.05) is 0 Å². The van der Waals surface area contributed by atoms with Gasteiger partial charge in [-0.15, -0.1) is 0 Å². The number of methoxy groups -OCH3 is 1. The Hall–Kier alpha value is -1.46. The van der Waals surface area contributed by atoms with Crippen molar-refractivity contribution in [2.75, 3.05) is 7.11 Å². The zero-order valence-electron chi connectivity index (χ0n) is 9.13. The standard InChI is InChI=1S/C10H13F3O3/c1-9(2,10(11,12)13)8(15)6-7(14)4-5-16-3/h4-6,14H,1-3H3/b5-4?,7-6-. The Balaban J connectivity index is 4.89. The number of aliphatic hydroxyl groups is 1. The molecule has 0 saturated heterocycles. The summed E-state index contributed by atoms with van der Waals surface area (Å²) in [6.45, 7) is 1.50. The van der Waals surface area contributed by atoms with E-state index >= 15 is 0 Å². The van der Waals surface area contributed by atoms with Crippen molar-refractivity contribution in [3.8, 4) is 0 Å². The summed E-state index contributed by atoms with van der Waals surface area (Å²) in [7, 11) is 1.30. The molecule has 0 saturated carbocycles. The van der Waals surface area contributed by atoms with Gasteiger partial charge in [-0.3, -0.25) is 4.79 Å². The highest BCUT2D eigenvalue weighted by atomic mass is 19.4. The van der Waals surface area contributed by atoms with Gasteiger partial charge >= 0.3 is 6.18 Å². The lowest BCUT2D eigenvalue weighted by atomic mass is 9.87. The van der Waals surface area contributed by atoms with Gasteiger partial charge in [0.15, 0.2) is 5.78 Å². The second-order valence-electron chi connectivity index (χ2n) is 3.59. The van der Waals surface area contributed by atoms with Crippen LogP contribution in [0.2, 0.25) is 0 Å². The smallest absolute Gasteiger partial charge is 0.401 e. The van der Waals surface area contributed by atoms with E-state index < -0.39 is 23.1 Å². The van der Waals surface area contributed by atoms with E-state index in [9.17, 15) is 18.0 Å². The molecular formula is C10H13F3O3. The fourth-order valence-electron chi connectivity index (χ4n) is 0.640. The number of alkyl halides is 3. The van der Waals surface area contributed by atoms with Crippen LogP contribution in [-0.4, -0.2) is 24.2 Å². The summed E-state index contributed by atoms with van der Waals surface area (Å²) >= 11 is 0. The second-order valence-corrected chi connectivity index (χ2v) is 3.59. The van der Waals surface area contributed by atoms with E-state index in [0.717, 1.165) is 26.2 Å². The molecule has 0 rings (SSSR count). The van der Waals surface area contributed by atoms with Gasteiger partial charge in [-0.2, -0.15) is 13.2 Å². The van der Waals surface area contributed by atoms with Crippen molar-refractivity contribution in [1.29, 1.82) is 0 Å². The fraction of sp³-hybridized carbons (Fsp3) is 0.500. The first-order valence-corrected chi connectivity index (χ1v) is 4.34. The van der Waals surface area contributed by atoms with Crippen LogP contribution in [0, 0.1) is 5.41 Å². The highest BCUT2D eigenvalue weighted by Crippen LogP contribution is 2.38. The predicted molar refractivity (Wildman–Crippen MR) is 51.7 cm³/mol. The van der Waals surface area contributed by atoms with E-state index in [1.54, 1.807) is 0 Å². The van der Waals surface area contributed by atoms with Crippen LogP contribution in [0.15, 0.2) is 24.2 Å². The van der Waals surface area contributed by atoms with Gasteiger partial charge in [0.05, 0.1) is 13.4 Å². The number of halogens is 3. The Morgan fingerprint density at radius 2 is 1.81 bits per heavy atom. The van der Waals surface area contributed by atoms with Crippen LogP contribution < -0.4 is 0 Å². The largest absolute Gasteiger partial charge is 0.508 e. The van der Waals surface area contributed by atoms with Crippen LogP contribution in [0.4, 0.5) is 13.2 Å². The van der Waals surface area contributed by atoms with Crippen LogP contribution in [0.1, 0.15) is 13.8 Å². The highest BCUT2D eigenvalue weighted by Gasteiger charge is 2.51. The quantitative estimate of drug-likeness (QED) is 0.465. The number of rotatable bonds is 4. The van der Waals surface area contributed by atoms with Crippen LogP contribution in [0.5, 0.6) is 0 Å². The molecule has 0 aliphatic rings. The molecular weight excluding hydrogens is 225 g/mol. The lowest BCUT2D eigenvalue weighted by molar-refractivity contribution is -0.207. The molecule has 0 unspecified atom stereocenters. The van der Waals surface area contributed by atoms with E-state index in [2.05, 4.69) is 4.74 Å². The topological polar surface area (TPSA) is 46.5 Å². The molecule has 0 aromatic rings. The minimum Gasteiger partial charge on any atom is -0.508 e. The number of carbonyl (C=O) groups is 1. The maximum absolute atomic E-state index is 12.4. The molecule has 0 aliphatic carbocycles. The molecule has 0 aromatic heterocycles. The van der Waals surface area contributed by atoms with Crippen molar-refractivity contribution in [1.82, 2.24) is 0 Å². The Morgan fingerprint density at radius 3 is 2.19 bits per heavy atom. The van der Waals surface area contributed by atoms with Crippen molar-refractivity contribution in [3.05, 3.63) is 24.2 Å². The van der Waals surface area contributed by atoms with E-state index in [1.165, 1.54) is 7.11 Å². The number of hydrogen-bond donors (Lipinski definition) is 1. The number of aliphatic hydroxyl groups excluding tert-OH is 1. The second kappa shape index (κ2) is 5.05. The number of hydrogen-bond acceptors (Lipinski definition) is 3. The Bertz CT molecular complexity index is 314. The molecule has 16 heavy (non-hydrogen) atoms. The van der Waals surface area contributed by atoms with Crippen molar-refractivity contribution in [2.45, 2.75) is 20.0 Å². The van der Waals surface area contributed by atoms with Gasteiger partial charge in [0, 0.05) is 12.2 Å². The summed E-state index contributed by atoms with van der Waals surface area (Å²) in [6.07, 6.45) is -2.13. The first kappa shape index (κ1) is 14.5. The average molecular weight is 238 g/mol. The van der Waals surface area contributed by atoms with Gasteiger partial charge < -0.3 is 9.84 Å². The van der Waals surface area contributed by atoms with Crippen LogP contribution >= 0.6 is 0 Å². The molecule has 0 spiro atoms. The minimum atomic E-state index is -4.66. The number of ether oxygens (including phenoxy) is 1. The van der Waals surface area contributed by atoms with Crippen LogP contribution in [-0.2, 0) is 9.53 Å². The molecule has 0 amide bonds. The third-order valence-electron chi connectivity index (χ3n) is 1.98. The Kier molecular flexibility index (Phi) is 4.59. The molecule has 6 heteroatoms. The first-order valence-electron chi connectivity index (χ1n) is 4.34.